The van der Waals surface area contributed by atoms with Crippen LogP contribution >= 0.6 is 0 Å². The van der Waals surface area contributed by atoms with E-state index in [2.05, 4.69) is 0 Å². The van der Waals surface area contributed by atoms with Crippen LogP contribution in [0.2, 0.25) is 0 Å². The van der Waals surface area contributed by atoms with E-state index in [1.54, 1.807) is 0 Å². The van der Waals surface area contributed by atoms with Gasteiger partial charge < -0.3 is 9.64 Å². The summed E-state index contributed by atoms with van der Waals surface area (Å²) < 4.78 is 5.76. The number of piperidine rings is 1. The summed E-state index contributed by atoms with van der Waals surface area (Å²) in [5.74, 6) is 0.239. The minimum atomic E-state index is -0.154. The van der Waals surface area contributed by atoms with Crippen LogP contribution < -0.4 is 0 Å². The maximum Gasteiger partial charge on any atom is 0.225 e. The Hall–Kier alpha value is -1.35. The molecule has 2 unspecified atom stereocenters. The van der Waals surface area contributed by atoms with Gasteiger partial charge in [-0.2, -0.15) is 0 Å². The van der Waals surface area contributed by atoms with E-state index in [1.807, 2.05) is 35.2 Å². The number of carbonyl (C=O) groups excluding carboxylic acids is 1. The molecular weight excluding hydrogens is 202 g/mol. The highest BCUT2D eigenvalue weighted by Gasteiger charge is 2.40. The van der Waals surface area contributed by atoms with Gasteiger partial charge in [0.15, 0.2) is 6.23 Å². The molecule has 1 aromatic carbocycles. The van der Waals surface area contributed by atoms with Crippen LogP contribution in [0.25, 0.3) is 0 Å². The van der Waals surface area contributed by atoms with Crippen molar-refractivity contribution in [2.45, 2.75) is 31.5 Å². The lowest BCUT2D eigenvalue weighted by Gasteiger charge is -2.32. The SMILES string of the molecule is O=C1CCCC2COC(c3ccccc3)N12. The zero-order valence-corrected chi connectivity index (χ0v) is 9.13. The fraction of sp³-hybridized carbons (Fsp3) is 0.462. The third kappa shape index (κ3) is 1.52. The van der Waals surface area contributed by atoms with Crippen molar-refractivity contribution in [2.75, 3.05) is 6.61 Å². The topological polar surface area (TPSA) is 29.5 Å². The molecule has 2 atom stereocenters. The standard InChI is InChI=1S/C13H15NO2/c15-12-8-4-7-11-9-16-13(14(11)12)10-5-2-1-3-6-10/h1-3,5-6,11,13H,4,7-9H2. The quantitative estimate of drug-likeness (QED) is 0.721. The van der Waals surface area contributed by atoms with Gasteiger partial charge in [0.2, 0.25) is 5.91 Å². The van der Waals surface area contributed by atoms with Crippen molar-refractivity contribution < 1.29 is 9.53 Å². The van der Waals surface area contributed by atoms with Crippen LogP contribution in [0.4, 0.5) is 0 Å². The zero-order valence-electron chi connectivity index (χ0n) is 9.13. The fourth-order valence-electron chi connectivity index (χ4n) is 2.60. The molecule has 2 aliphatic heterocycles. The van der Waals surface area contributed by atoms with Gasteiger partial charge in [-0.15, -0.1) is 0 Å². The number of nitrogens with zero attached hydrogens (tertiary/aromatic N) is 1. The van der Waals surface area contributed by atoms with E-state index in [0.717, 1.165) is 18.4 Å². The first-order valence-electron chi connectivity index (χ1n) is 5.84. The van der Waals surface area contributed by atoms with Crippen LogP contribution in [-0.2, 0) is 9.53 Å². The lowest BCUT2D eigenvalue weighted by molar-refractivity contribution is -0.140. The molecule has 1 amide bonds. The highest BCUT2D eigenvalue weighted by molar-refractivity contribution is 5.78. The number of ether oxygens (including phenoxy) is 1. The second kappa shape index (κ2) is 3.91. The Kier molecular flexibility index (Phi) is 2.40. The number of fused-ring (bicyclic) bond motifs is 1. The number of rotatable bonds is 1. The number of benzene rings is 1. The van der Waals surface area contributed by atoms with Crippen LogP contribution in [-0.4, -0.2) is 23.5 Å². The van der Waals surface area contributed by atoms with Crippen LogP contribution in [0.15, 0.2) is 30.3 Å². The molecule has 0 radical (unpaired) electrons. The molecule has 0 spiro atoms. The average Bonchev–Trinajstić information content (AvgIpc) is 2.75. The molecule has 0 aromatic heterocycles. The highest BCUT2D eigenvalue weighted by atomic mass is 16.5. The van der Waals surface area contributed by atoms with Gasteiger partial charge in [0.05, 0.1) is 12.6 Å². The lowest BCUT2D eigenvalue weighted by atomic mass is 10.0. The van der Waals surface area contributed by atoms with Crippen LogP contribution in [0.1, 0.15) is 31.1 Å². The van der Waals surface area contributed by atoms with Crippen LogP contribution in [0.5, 0.6) is 0 Å². The van der Waals surface area contributed by atoms with Crippen molar-refractivity contribution in [2.24, 2.45) is 0 Å². The Morgan fingerprint density at radius 3 is 2.88 bits per heavy atom. The summed E-state index contributed by atoms with van der Waals surface area (Å²) in [6, 6.07) is 10.3. The highest BCUT2D eigenvalue weighted by Crippen LogP contribution is 2.35. The van der Waals surface area contributed by atoms with E-state index >= 15 is 0 Å². The second-order valence-electron chi connectivity index (χ2n) is 4.44. The van der Waals surface area contributed by atoms with Crippen molar-refractivity contribution >= 4 is 5.91 Å². The van der Waals surface area contributed by atoms with Crippen LogP contribution in [0, 0.1) is 0 Å². The smallest absolute Gasteiger partial charge is 0.225 e. The predicted molar refractivity (Wildman–Crippen MR) is 59.6 cm³/mol. The Morgan fingerprint density at radius 2 is 2.06 bits per heavy atom. The summed E-state index contributed by atoms with van der Waals surface area (Å²) in [5.41, 5.74) is 1.08. The van der Waals surface area contributed by atoms with Gasteiger partial charge in [-0.1, -0.05) is 30.3 Å². The second-order valence-corrected chi connectivity index (χ2v) is 4.44. The van der Waals surface area contributed by atoms with Crippen molar-refractivity contribution in [1.29, 1.82) is 0 Å². The Morgan fingerprint density at radius 1 is 1.25 bits per heavy atom. The molecule has 3 nitrogen and oxygen atoms in total. The number of hydrogen-bond acceptors (Lipinski definition) is 2. The van der Waals surface area contributed by atoms with E-state index in [4.69, 9.17) is 4.74 Å². The van der Waals surface area contributed by atoms with Gasteiger partial charge in [-0.25, -0.2) is 0 Å². The summed E-state index contributed by atoms with van der Waals surface area (Å²) in [6.07, 6.45) is 2.60. The first-order chi connectivity index (χ1) is 7.86. The van der Waals surface area contributed by atoms with Crippen molar-refractivity contribution in [3.63, 3.8) is 0 Å². The molecule has 1 aromatic rings. The molecule has 0 aliphatic carbocycles. The molecule has 0 bridgehead atoms. The summed E-state index contributed by atoms with van der Waals surface area (Å²) >= 11 is 0. The molecule has 3 heteroatoms. The molecular formula is C13H15NO2. The molecule has 2 aliphatic rings. The number of carbonyl (C=O) groups is 1. The van der Waals surface area contributed by atoms with Gasteiger partial charge in [0.1, 0.15) is 0 Å². The number of hydrogen-bond donors (Lipinski definition) is 0. The summed E-state index contributed by atoms with van der Waals surface area (Å²) in [6.45, 7) is 0.686. The van der Waals surface area contributed by atoms with E-state index in [0.29, 0.717) is 19.1 Å². The summed E-state index contributed by atoms with van der Waals surface area (Å²) in [7, 11) is 0. The molecule has 84 valence electrons. The minimum absolute atomic E-state index is 0.154. The Bertz CT molecular complexity index is 390. The van der Waals surface area contributed by atoms with E-state index < -0.39 is 0 Å². The van der Waals surface area contributed by atoms with E-state index in [1.165, 1.54) is 0 Å². The average molecular weight is 217 g/mol. The third-order valence-corrected chi connectivity index (χ3v) is 3.39. The molecule has 2 fully saturated rings. The Labute approximate surface area is 95.0 Å². The molecule has 0 saturated carbocycles. The van der Waals surface area contributed by atoms with Gasteiger partial charge in [-0.3, -0.25) is 4.79 Å². The molecule has 2 saturated heterocycles. The first-order valence-corrected chi connectivity index (χ1v) is 5.84. The van der Waals surface area contributed by atoms with E-state index in [-0.39, 0.29) is 12.1 Å². The Balaban J connectivity index is 1.89. The maximum atomic E-state index is 11.9. The number of amides is 1. The van der Waals surface area contributed by atoms with Crippen molar-refractivity contribution in [1.82, 2.24) is 4.90 Å². The molecule has 0 N–H and O–H groups in total. The largest absolute Gasteiger partial charge is 0.352 e. The zero-order chi connectivity index (χ0) is 11.0. The normalized spacial score (nSPS) is 29.2. The molecule has 2 heterocycles. The molecule has 3 rings (SSSR count). The fourth-order valence-corrected chi connectivity index (χ4v) is 2.60. The van der Waals surface area contributed by atoms with E-state index in [9.17, 15) is 4.79 Å². The van der Waals surface area contributed by atoms with Crippen LogP contribution in [0.3, 0.4) is 0 Å². The maximum absolute atomic E-state index is 11.9. The summed E-state index contributed by atoms with van der Waals surface area (Å²) in [5, 5.41) is 0. The first kappa shape index (κ1) is 9.85. The lowest BCUT2D eigenvalue weighted by Crippen LogP contribution is -2.41. The molecule has 16 heavy (non-hydrogen) atoms. The van der Waals surface area contributed by atoms with Gasteiger partial charge in [0.25, 0.3) is 0 Å². The van der Waals surface area contributed by atoms with Gasteiger partial charge >= 0.3 is 0 Å². The van der Waals surface area contributed by atoms with Crippen molar-refractivity contribution in [3.8, 4) is 0 Å². The van der Waals surface area contributed by atoms with Crippen molar-refractivity contribution in [3.05, 3.63) is 35.9 Å². The monoisotopic (exact) mass is 217 g/mol. The van der Waals surface area contributed by atoms with Gasteiger partial charge in [-0.05, 0) is 12.8 Å². The summed E-state index contributed by atoms with van der Waals surface area (Å²) in [4.78, 5) is 13.8. The van der Waals surface area contributed by atoms with Gasteiger partial charge in [0, 0.05) is 12.0 Å². The minimum Gasteiger partial charge on any atom is -0.352 e. The predicted octanol–water partition coefficient (Wildman–Crippen LogP) is 2.10. The third-order valence-electron chi connectivity index (χ3n) is 3.39.